The fraction of sp³-hybridized carbons (Fsp3) is 0.500. The summed E-state index contributed by atoms with van der Waals surface area (Å²) in [5.74, 6) is -1.09. The number of aliphatic carboxylic acids is 1. The highest BCUT2D eigenvalue weighted by Crippen LogP contribution is 2.17. The molecule has 0 unspecified atom stereocenters. The SMILES string of the molecule is Cc1nn(C)c(NCCOCC(=O)O)c1C(N)=O. The molecule has 0 fully saturated rings. The van der Waals surface area contributed by atoms with E-state index in [1.807, 2.05) is 0 Å². The summed E-state index contributed by atoms with van der Waals surface area (Å²) in [6.07, 6.45) is 0. The van der Waals surface area contributed by atoms with E-state index in [9.17, 15) is 9.59 Å². The number of anilines is 1. The number of nitrogens with zero attached hydrogens (tertiary/aromatic N) is 2. The van der Waals surface area contributed by atoms with Crippen molar-refractivity contribution in [3.05, 3.63) is 11.3 Å². The van der Waals surface area contributed by atoms with Crippen LogP contribution in [0.2, 0.25) is 0 Å². The molecule has 0 aliphatic heterocycles. The molecular weight excluding hydrogens is 240 g/mol. The second kappa shape index (κ2) is 6.01. The molecule has 0 spiro atoms. The zero-order valence-electron chi connectivity index (χ0n) is 10.3. The quantitative estimate of drug-likeness (QED) is 0.557. The van der Waals surface area contributed by atoms with E-state index in [-0.39, 0.29) is 13.2 Å². The van der Waals surface area contributed by atoms with Crippen LogP contribution in [0.25, 0.3) is 0 Å². The zero-order chi connectivity index (χ0) is 13.7. The number of aryl methyl sites for hydroxylation is 2. The summed E-state index contributed by atoms with van der Waals surface area (Å²) in [5, 5.41) is 15.4. The fourth-order valence-electron chi connectivity index (χ4n) is 1.56. The van der Waals surface area contributed by atoms with Gasteiger partial charge in [-0.15, -0.1) is 0 Å². The Morgan fingerprint density at radius 1 is 1.56 bits per heavy atom. The van der Waals surface area contributed by atoms with Gasteiger partial charge in [0.2, 0.25) is 0 Å². The van der Waals surface area contributed by atoms with Crippen LogP contribution in [0.3, 0.4) is 0 Å². The molecule has 0 aliphatic carbocycles. The number of nitrogens with one attached hydrogen (secondary N) is 1. The van der Waals surface area contributed by atoms with Gasteiger partial charge in [-0.3, -0.25) is 9.48 Å². The third kappa shape index (κ3) is 3.45. The molecule has 4 N–H and O–H groups in total. The third-order valence-electron chi connectivity index (χ3n) is 2.23. The van der Waals surface area contributed by atoms with Crippen molar-refractivity contribution in [1.82, 2.24) is 9.78 Å². The summed E-state index contributed by atoms with van der Waals surface area (Å²) < 4.78 is 6.36. The first kappa shape index (κ1) is 14.0. The molecule has 8 heteroatoms. The molecule has 0 saturated heterocycles. The van der Waals surface area contributed by atoms with Crippen molar-refractivity contribution in [2.24, 2.45) is 12.8 Å². The minimum absolute atomic E-state index is 0.203. The number of nitrogens with two attached hydrogens (primary N) is 1. The lowest BCUT2D eigenvalue weighted by atomic mass is 10.2. The van der Waals surface area contributed by atoms with Crippen LogP contribution in [0.1, 0.15) is 16.1 Å². The number of carbonyl (C=O) groups excluding carboxylic acids is 1. The van der Waals surface area contributed by atoms with Crippen LogP contribution in [0.15, 0.2) is 0 Å². The van der Waals surface area contributed by atoms with Gasteiger partial charge in [-0.25, -0.2) is 4.79 Å². The number of amides is 1. The van der Waals surface area contributed by atoms with Gasteiger partial charge in [0.05, 0.1) is 12.3 Å². The Balaban J connectivity index is 2.56. The Labute approximate surface area is 104 Å². The maximum atomic E-state index is 11.3. The second-order valence-electron chi connectivity index (χ2n) is 3.67. The summed E-state index contributed by atoms with van der Waals surface area (Å²) in [5.41, 5.74) is 6.13. The number of aromatic nitrogens is 2. The molecule has 1 rings (SSSR count). The number of primary amides is 1. The molecule has 0 aliphatic rings. The van der Waals surface area contributed by atoms with Gasteiger partial charge in [0, 0.05) is 13.6 Å². The topological polar surface area (TPSA) is 119 Å². The summed E-state index contributed by atoms with van der Waals surface area (Å²) in [6, 6.07) is 0. The minimum Gasteiger partial charge on any atom is -0.480 e. The lowest BCUT2D eigenvalue weighted by Crippen LogP contribution is -2.19. The first-order chi connectivity index (χ1) is 8.43. The van der Waals surface area contributed by atoms with Crippen LogP contribution in [0, 0.1) is 6.92 Å². The maximum Gasteiger partial charge on any atom is 0.329 e. The molecule has 1 aromatic rings. The van der Waals surface area contributed by atoms with Gasteiger partial charge in [0.15, 0.2) is 0 Å². The maximum absolute atomic E-state index is 11.3. The van der Waals surface area contributed by atoms with Crippen LogP contribution < -0.4 is 11.1 Å². The Kier molecular flexibility index (Phi) is 4.67. The van der Waals surface area contributed by atoms with E-state index in [4.69, 9.17) is 15.6 Å². The lowest BCUT2D eigenvalue weighted by Gasteiger charge is -2.08. The summed E-state index contributed by atoms with van der Waals surface area (Å²) >= 11 is 0. The number of ether oxygens (including phenoxy) is 1. The van der Waals surface area contributed by atoms with E-state index in [1.54, 1.807) is 14.0 Å². The number of carbonyl (C=O) groups is 2. The Bertz CT molecular complexity index is 455. The van der Waals surface area contributed by atoms with Crippen molar-refractivity contribution < 1.29 is 19.4 Å². The average Bonchev–Trinajstić information content (AvgIpc) is 2.52. The largest absolute Gasteiger partial charge is 0.480 e. The molecule has 0 aromatic carbocycles. The molecule has 100 valence electrons. The van der Waals surface area contributed by atoms with Crippen LogP contribution in [-0.2, 0) is 16.6 Å². The number of hydrogen-bond donors (Lipinski definition) is 3. The molecular formula is C10H16N4O4. The summed E-state index contributed by atoms with van der Waals surface area (Å²) in [7, 11) is 1.68. The van der Waals surface area contributed by atoms with Crippen LogP contribution in [0.5, 0.6) is 0 Å². The lowest BCUT2D eigenvalue weighted by molar-refractivity contribution is -0.142. The van der Waals surface area contributed by atoms with Crippen molar-refractivity contribution in [1.29, 1.82) is 0 Å². The molecule has 1 aromatic heterocycles. The minimum atomic E-state index is -1.02. The van der Waals surface area contributed by atoms with E-state index in [2.05, 4.69) is 10.4 Å². The zero-order valence-corrected chi connectivity index (χ0v) is 10.3. The molecule has 0 saturated carbocycles. The Morgan fingerprint density at radius 3 is 2.78 bits per heavy atom. The van der Waals surface area contributed by atoms with Gasteiger partial charge in [0.1, 0.15) is 18.0 Å². The number of carboxylic acids is 1. The molecule has 0 radical (unpaired) electrons. The van der Waals surface area contributed by atoms with E-state index in [0.29, 0.717) is 23.6 Å². The normalized spacial score (nSPS) is 10.3. The molecule has 0 bridgehead atoms. The van der Waals surface area contributed by atoms with Crippen molar-refractivity contribution in [2.45, 2.75) is 6.92 Å². The van der Waals surface area contributed by atoms with Gasteiger partial charge in [-0.1, -0.05) is 0 Å². The van der Waals surface area contributed by atoms with Crippen LogP contribution in [-0.4, -0.2) is 46.5 Å². The highest BCUT2D eigenvalue weighted by Gasteiger charge is 2.17. The van der Waals surface area contributed by atoms with Gasteiger partial charge >= 0.3 is 5.97 Å². The third-order valence-corrected chi connectivity index (χ3v) is 2.23. The summed E-state index contributed by atoms with van der Waals surface area (Å²) in [6.45, 7) is 1.89. The van der Waals surface area contributed by atoms with Gasteiger partial charge < -0.3 is 20.9 Å². The van der Waals surface area contributed by atoms with E-state index >= 15 is 0 Å². The van der Waals surface area contributed by atoms with Crippen molar-refractivity contribution >= 4 is 17.7 Å². The number of hydrogen-bond acceptors (Lipinski definition) is 5. The Hall–Kier alpha value is -2.09. The van der Waals surface area contributed by atoms with Gasteiger partial charge in [-0.05, 0) is 6.92 Å². The van der Waals surface area contributed by atoms with Gasteiger partial charge in [0.25, 0.3) is 5.91 Å². The van der Waals surface area contributed by atoms with E-state index in [1.165, 1.54) is 4.68 Å². The monoisotopic (exact) mass is 256 g/mol. The smallest absolute Gasteiger partial charge is 0.329 e. The molecule has 8 nitrogen and oxygen atoms in total. The highest BCUT2D eigenvalue weighted by molar-refractivity contribution is 5.98. The average molecular weight is 256 g/mol. The molecule has 18 heavy (non-hydrogen) atoms. The second-order valence-corrected chi connectivity index (χ2v) is 3.67. The number of rotatable bonds is 7. The van der Waals surface area contributed by atoms with E-state index in [0.717, 1.165) is 0 Å². The molecule has 1 heterocycles. The first-order valence-corrected chi connectivity index (χ1v) is 5.30. The highest BCUT2D eigenvalue weighted by atomic mass is 16.5. The molecule has 0 atom stereocenters. The van der Waals surface area contributed by atoms with E-state index < -0.39 is 11.9 Å². The van der Waals surface area contributed by atoms with Crippen LogP contribution >= 0.6 is 0 Å². The standard InChI is InChI=1S/C10H16N4O4/c1-6-8(9(11)17)10(14(2)13-6)12-3-4-18-5-7(15)16/h12H,3-5H2,1-2H3,(H2,11,17)(H,15,16). The Morgan fingerprint density at radius 2 is 2.22 bits per heavy atom. The predicted molar refractivity (Wildman–Crippen MR) is 63.4 cm³/mol. The van der Waals surface area contributed by atoms with Crippen molar-refractivity contribution in [3.63, 3.8) is 0 Å². The number of carboxylic acid groups (broad SMARTS) is 1. The predicted octanol–water partition coefficient (Wildman–Crippen LogP) is -0.659. The fourth-order valence-corrected chi connectivity index (χ4v) is 1.56. The summed E-state index contributed by atoms with van der Waals surface area (Å²) in [4.78, 5) is 21.5. The first-order valence-electron chi connectivity index (χ1n) is 5.30. The van der Waals surface area contributed by atoms with Crippen molar-refractivity contribution in [2.75, 3.05) is 25.1 Å². The van der Waals surface area contributed by atoms with Crippen LogP contribution in [0.4, 0.5) is 5.82 Å². The van der Waals surface area contributed by atoms with Gasteiger partial charge in [-0.2, -0.15) is 5.10 Å². The van der Waals surface area contributed by atoms with Crippen molar-refractivity contribution in [3.8, 4) is 0 Å². The molecule has 1 amide bonds.